The first-order chi connectivity index (χ1) is 9.81. The normalized spacial score (nSPS) is 10.4. The average Bonchev–Trinajstić information content (AvgIpc) is 3.00. The number of aromatic nitrogens is 4. The third-order valence-electron chi connectivity index (χ3n) is 2.78. The maximum atomic E-state index is 5.96. The van der Waals surface area contributed by atoms with Gasteiger partial charge in [0.25, 0.3) is 0 Å². The molecule has 3 aromatic rings. The van der Waals surface area contributed by atoms with Gasteiger partial charge in [0.1, 0.15) is 24.3 Å². The number of benzene rings is 1. The lowest BCUT2D eigenvalue weighted by molar-refractivity contribution is 0.964. The Bertz CT molecular complexity index is 696. The smallest absolute Gasteiger partial charge is 0.143 e. The van der Waals surface area contributed by atoms with Crippen LogP contribution in [-0.4, -0.2) is 19.5 Å². The molecule has 100 valence electrons. The summed E-state index contributed by atoms with van der Waals surface area (Å²) in [7, 11) is 0. The number of hydrogen-bond acceptors (Lipinski definition) is 4. The van der Waals surface area contributed by atoms with Gasteiger partial charge >= 0.3 is 0 Å². The van der Waals surface area contributed by atoms with Crippen molar-refractivity contribution in [1.29, 1.82) is 0 Å². The third-order valence-corrected chi connectivity index (χ3v) is 3.02. The van der Waals surface area contributed by atoms with Crippen molar-refractivity contribution in [2.45, 2.75) is 6.54 Å². The van der Waals surface area contributed by atoms with Gasteiger partial charge in [-0.2, -0.15) is 0 Å². The van der Waals surface area contributed by atoms with E-state index in [0.29, 0.717) is 6.54 Å². The average molecular weight is 286 g/mol. The Kier molecular flexibility index (Phi) is 3.60. The van der Waals surface area contributed by atoms with Crippen LogP contribution in [0, 0.1) is 0 Å². The minimum absolute atomic E-state index is 0.654. The molecule has 0 aliphatic carbocycles. The van der Waals surface area contributed by atoms with Gasteiger partial charge in [0.2, 0.25) is 0 Å². The molecule has 0 bridgehead atoms. The maximum Gasteiger partial charge on any atom is 0.143 e. The first-order valence-electron chi connectivity index (χ1n) is 6.10. The van der Waals surface area contributed by atoms with Crippen LogP contribution in [0.2, 0.25) is 5.02 Å². The van der Waals surface area contributed by atoms with Crippen LogP contribution in [0.15, 0.2) is 55.4 Å². The zero-order valence-electron chi connectivity index (χ0n) is 10.6. The zero-order valence-corrected chi connectivity index (χ0v) is 11.3. The molecule has 6 heteroatoms. The minimum atomic E-state index is 0.654. The minimum Gasteiger partial charge on any atom is -0.366 e. The zero-order chi connectivity index (χ0) is 13.8. The van der Waals surface area contributed by atoms with E-state index in [1.165, 1.54) is 6.33 Å². The molecule has 0 aliphatic heterocycles. The predicted octanol–water partition coefficient (Wildman–Crippen LogP) is 2.93. The van der Waals surface area contributed by atoms with Crippen LogP contribution in [0.3, 0.4) is 0 Å². The van der Waals surface area contributed by atoms with E-state index in [1.54, 1.807) is 12.5 Å². The van der Waals surface area contributed by atoms with Crippen molar-refractivity contribution < 1.29 is 0 Å². The van der Waals surface area contributed by atoms with Gasteiger partial charge in [0.05, 0.1) is 0 Å². The molecule has 20 heavy (non-hydrogen) atoms. The van der Waals surface area contributed by atoms with Crippen LogP contribution in [-0.2, 0) is 6.54 Å². The highest BCUT2D eigenvalue weighted by molar-refractivity contribution is 6.30. The summed E-state index contributed by atoms with van der Waals surface area (Å²) >= 11 is 5.96. The van der Waals surface area contributed by atoms with Crippen LogP contribution in [0.1, 0.15) is 5.56 Å². The molecule has 0 saturated heterocycles. The number of halogens is 1. The monoisotopic (exact) mass is 285 g/mol. The van der Waals surface area contributed by atoms with Gasteiger partial charge in [-0.15, -0.1) is 0 Å². The van der Waals surface area contributed by atoms with Gasteiger partial charge in [-0.05, 0) is 17.7 Å². The van der Waals surface area contributed by atoms with Crippen LogP contribution in [0.4, 0.5) is 5.82 Å². The van der Waals surface area contributed by atoms with Crippen molar-refractivity contribution in [3.8, 4) is 5.82 Å². The van der Waals surface area contributed by atoms with E-state index >= 15 is 0 Å². The third kappa shape index (κ3) is 2.95. The Labute approximate surface area is 121 Å². The summed E-state index contributed by atoms with van der Waals surface area (Å²) in [4.78, 5) is 12.4. The molecule has 0 aliphatic rings. The van der Waals surface area contributed by atoms with Gasteiger partial charge in [0.15, 0.2) is 0 Å². The summed E-state index contributed by atoms with van der Waals surface area (Å²) < 4.78 is 1.83. The van der Waals surface area contributed by atoms with Crippen LogP contribution < -0.4 is 5.32 Å². The summed E-state index contributed by atoms with van der Waals surface area (Å²) in [6.07, 6.45) is 6.77. The van der Waals surface area contributed by atoms with Crippen LogP contribution in [0.5, 0.6) is 0 Å². The molecule has 0 amide bonds. The number of nitrogens with one attached hydrogen (secondary N) is 1. The SMILES string of the molecule is Clc1cccc(CNc2cc(-n3ccnc3)ncn2)c1. The lowest BCUT2D eigenvalue weighted by Crippen LogP contribution is -2.03. The van der Waals surface area contributed by atoms with Crippen LogP contribution in [0.25, 0.3) is 5.82 Å². The highest BCUT2D eigenvalue weighted by atomic mass is 35.5. The molecule has 0 saturated carbocycles. The molecule has 0 radical (unpaired) electrons. The summed E-state index contributed by atoms with van der Waals surface area (Å²) in [5.41, 5.74) is 1.10. The Morgan fingerprint density at radius 3 is 2.95 bits per heavy atom. The molecule has 0 spiro atoms. The molecule has 1 N–H and O–H groups in total. The molecular formula is C14H12ClN5. The molecular weight excluding hydrogens is 274 g/mol. The maximum absolute atomic E-state index is 5.96. The van der Waals surface area contributed by atoms with E-state index in [1.807, 2.05) is 41.1 Å². The second kappa shape index (κ2) is 5.71. The second-order valence-electron chi connectivity index (χ2n) is 4.21. The molecule has 5 nitrogen and oxygen atoms in total. The molecule has 0 fully saturated rings. The van der Waals surface area contributed by atoms with E-state index in [0.717, 1.165) is 22.2 Å². The highest BCUT2D eigenvalue weighted by Crippen LogP contribution is 2.13. The van der Waals surface area contributed by atoms with Gasteiger partial charge in [0, 0.05) is 30.0 Å². The van der Waals surface area contributed by atoms with Crippen LogP contribution >= 0.6 is 11.6 Å². The topological polar surface area (TPSA) is 55.6 Å². The van der Waals surface area contributed by atoms with Crippen molar-refractivity contribution in [3.63, 3.8) is 0 Å². The fraction of sp³-hybridized carbons (Fsp3) is 0.0714. The Morgan fingerprint density at radius 2 is 2.15 bits per heavy atom. The Hall–Kier alpha value is -2.40. The molecule has 1 aromatic carbocycles. The number of hydrogen-bond donors (Lipinski definition) is 1. The first-order valence-corrected chi connectivity index (χ1v) is 6.48. The molecule has 0 atom stereocenters. The van der Waals surface area contributed by atoms with E-state index in [4.69, 9.17) is 11.6 Å². The van der Waals surface area contributed by atoms with Crippen molar-refractivity contribution in [2.24, 2.45) is 0 Å². The summed E-state index contributed by atoms with van der Waals surface area (Å²) in [5, 5.41) is 3.97. The summed E-state index contributed by atoms with van der Waals surface area (Å²) in [6.45, 7) is 0.654. The number of nitrogens with zero attached hydrogens (tertiary/aromatic N) is 4. The quantitative estimate of drug-likeness (QED) is 0.801. The van der Waals surface area contributed by atoms with Crippen molar-refractivity contribution in [3.05, 3.63) is 66.0 Å². The number of anilines is 1. The molecule has 3 rings (SSSR count). The summed E-state index contributed by atoms with van der Waals surface area (Å²) in [5.74, 6) is 1.52. The fourth-order valence-electron chi connectivity index (χ4n) is 1.82. The lowest BCUT2D eigenvalue weighted by Gasteiger charge is -2.07. The number of rotatable bonds is 4. The van der Waals surface area contributed by atoms with Gasteiger partial charge in [-0.3, -0.25) is 4.57 Å². The molecule has 2 aromatic heterocycles. The van der Waals surface area contributed by atoms with Crippen molar-refractivity contribution in [1.82, 2.24) is 19.5 Å². The predicted molar refractivity (Wildman–Crippen MR) is 77.9 cm³/mol. The Morgan fingerprint density at radius 1 is 1.20 bits per heavy atom. The van der Waals surface area contributed by atoms with Crippen molar-refractivity contribution in [2.75, 3.05) is 5.32 Å². The van der Waals surface area contributed by atoms with Gasteiger partial charge in [-0.1, -0.05) is 23.7 Å². The van der Waals surface area contributed by atoms with E-state index in [2.05, 4.69) is 20.3 Å². The van der Waals surface area contributed by atoms with Gasteiger partial charge in [-0.25, -0.2) is 15.0 Å². The van der Waals surface area contributed by atoms with E-state index in [-0.39, 0.29) is 0 Å². The second-order valence-corrected chi connectivity index (χ2v) is 4.65. The molecule has 0 unspecified atom stereocenters. The van der Waals surface area contributed by atoms with Crippen molar-refractivity contribution >= 4 is 17.4 Å². The molecule has 2 heterocycles. The number of imidazole rings is 1. The summed E-state index contributed by atoms with van der Waals surface area (Å²) in [6, 6.07) is 9.58. The highest BCUT2D eigenvalue weighted by Gasteiger charge is 2.01. The van der Waals surface area contributed by atoms with E-state index < -0.39 is 0 Å². The Balaban J connectivity index is 1.73. The fourth-order valence-corrected chi connectivity index (χ4v) is 2.03. The largest absolute Gasteiger partial charge is 0.366 e. The van der Waals surface area contributed by atoms with E-state index in [9.17, 15) is 0 Å². The lowest BCUT2D eigenvalue weighted by atomic mass is 10.2. The first kappa shape index (κ1) is 12.6. The standard InChI is InChI=1S/C14H12ClN5/c15-12-3-1-2-11(6-12)8-17-13-7-14(19-9-18-13)20-5-4-16-10-20/h1-7,9-10H,8H2,(H,17,18,19). The van der Waals surface area contributed by atoms with Gasteiger partial charge < -0.3 is 5.32 Å².